The number of carbonyl (C=O) groups is 2. The van der Waals surface area contributed by atoms with Crippen molar-refractivity contribution in [1.82, 2.24) is 9.47 Å². The van der Waals surface area contributed by atoms with Gasteiger partial charge in [0.05, 0.1) is 16.6 Å². The lowest BCUT2D eigenvalue weighted by Gasteiger charge is -2.24. The zero-order chi connectivity index (χ0) is 37.1. The lowest BCUT2D eigenvalue weighted by atomic mass is 9.91. The van der Waals surface area contributed by atoms with Gasteiger partial charge in [0.25, 0.3) is 5.91 Å². The second-order valence-electron chi connectivity index (χ2n) is 14.0. The molecule has 3 heterocycles. The number of hydrogen-bond acceptors (Lipinski definition) is 5. The third-order valence-corrected chi connectivity index (χ3v) is 11.0. The Kier molecular flexibility index (Phi) is 8.31. The average Bonchev–Trinajstić information content (AvgIpc) is 3.92. The number of hydrogen-bond donors (Lipinski definition) is 3. The van der Waals surface area contributed by atoms with Gasteiger partial charge in [-0.05, 0) is 113 Å². The van der Waals surface area contributed by atoms with Gasteiger partial charge < -0.3 is 26.0 Å². The fourth-order valence-electron chi connectivity index (χ4n) is 8.31. The molecule has 1 aliphatic carbocycles. The monoisotopic (exact) mass is 707 g/mol. The zero-order valence-electron chi connectivity index (χ0n) is 28.8. The molecule has 2 saturated heterocycles. The van der Waals surface area contributed by atoms with Crippen LogP contribution in [-0.4, -0.2) is 44.6 Å². The largest absolute Gasteiger partial charge is 0.478 e. The van der Waals surface area contributed by atoms with Crippen molar-refractivity contribution in [2.75, 3.05) is 5.73 Å². The number of halogens is 2. The number of amides is 1. The van der Waals surface area contributed by atoms with Crippen LogP contribution in [0.5, 0.6) is 0 Å². The lowest BCUT2D eigenvalue weighted by molar-refractivity contribution is 0.0694. The molecule has 1 amide bonds. The number of aryl methyl sites for hydroxylation is 1. The number of benzene rings is 5. The summed E-state index contributed by atoms with van der Waals surface area (Å²) in [5, 5.41) is 19.1. The number of nitrogens with two attached hydrogens (primary N) is 2. The summed E-state index contributed by atoms with van der Waals surface area (Å²) in [7, 11) is 1.85. The third-order valence-electron chi connectivity index (χ3n) is 11.0. The molecule has 9 rings (SSSR count). The molecule has 1 aromatic heterocycles. The summed E-state index contributed by atoms with van der Waals surface area (Å²) < 4.78 is 31.9. The van der Waals surface area contributed by atoms with E-state index in [1.807, 2.05) is 53.0 Å². The van der Waals surface area contributed by atoms with E-state index in [0.29, 0.717) is 33.5 Å². The predicted octanol–water partition coefficient (Wildman–Crippen LogP) is 7.90. The first-order chi connectivity index (χ1) is 25.5. The van der Waals surface area contributed by atoms with E-state index in [0.717, 1.165) is 53.3 Å². The molecular formula is C43H35F2N5O3. The summed E-state index contributed by atoms with van der Waals surface area (Å²) in [4.78, 5) is 26.5. The summed E-state index contributed by atoms with van der Waals surface area (Å²) in [6.45, 7) is 0. The number of carbonyl (C=O) groups excluding carboxylic acids is 1. The minimum atomic E-state index is -0.941. The molecule has 0 radical (unpaired) electrons. The second-order valence-corrected chi connectivity index (χ2v) is 14.0. The Morgan fingerprint density at radius 2 is 1.64 bits per heavy atom. The Balaban J connectivity index is 0.000000196. The molecule has 3 aliphatic rings. The Labute approximate surface area is 304 Å². The summed E-state index contributed by atoms with van der Waals surface area (Å²) in [5.74, 6) is -2.14. The van der Waals surface area contributed by atoms with Crippen molar-refractivity contribution >= 4 is 28.5 Å². The van der Waals surface area contributed by atoms with Crippen LogP contribution in [0.15, 0.2) is 97.2 Å². The number of anilines is 1. The number of aromatic carboxylic acids is 1. The Bertz CT molecular complexity index is 2540. The van der Waals surface area contributed by atoms with Gasteiger partial charge in [-0.1, -0.05) is 36.4 Å². The maximum Gasteiger partial charge on any atom is 0.335 e. The molecule has 53 heavy (non-hydrogen) atoms. The summed E-state index contributed by atoms with van der Waals surface area (Å²) in [6, 6.07) is 27.8. The Morgan fingerprint density at radius 1 is 0.849 bits per heavy atom. The maximum atomic E-state index is 15.4. The van der Waals surface area contributed by atoms with Crippen molar-refractivity contribution in [2.45, 2.75) is 43.8 Å². The molecule has 2 aliphatic heterocycles. The normalized spacial score (nSPS) is 17.9. The van der Waals surface area contributed by atoms with Crippen LogP contribution in [0.1, 0.15) is 56.7 Å². The highest BCUT2D eigenvalue weighted by Crippen LogP contribution is 2.42. The molecule has 3 atom stereocenters. The number of fused-ring (bicyclic) bond motifs is 6. The fraction of sp³-hybridized carbons (Fsp3) is 0.186. The Hall–Kier alpha value is -6.31. The van der Waals surface area contributed by atoms with E-state index in [1.54, 1.807) is 36.4 Å². The van der Waals surface area contributed by atoms with Crippen LogP contribution in [0, 0.1) is 23.0 Å². The van der Waals surface area contributed by atoms with Gasteiger partial charge in [0.15, 0.2) is 0 Å². The van der Waals surface area contributed by atoms with Gasteiger partial charge in [0.2, 0.25) is 0 Å². The van der Waals surface area contributed by atoms with Crippen molar-refractivity contribution < 1.29 is 23.5 Å². The first kappa shape index (κ1) is 33.8. The highest BCUT2D eigenvalue weighted by molar-refractivity contribution is 5.99. The highest BCUT2D eigenvalue weighted by atomic mass is 19.1. The minimum Gasteiger partial charge on any atom is -0.478 e. The quantitative estimate of drug-likeness (QED) is 0.159. The molecule has 0 saturated carbocycles. The smallest absolute Gasteiger partial charge is 0.335 e. The second kappa shape index (κ2) is 13.0. The SMILES string of the molecule is Cn1ccc2cc(-c3ccc(C(=O)N4[C@@H]5CC[C@H]4[C@@H](N)C5)cc3-c3ccc(C#N)c(F)c3)c(F)cc21.Nc1cc(C(=O)O)cc2c1Cc1ccccc1-2. The van der Waals surface area contributed by atoms with Gasteiger partial charge in [-0.2, -0.15) is 5.26 Å². The van der Waals surface area contributed by atoms with Gasteiger partial charge in [0, 0.05) is 60.0 Å². The summed E-state index contributed by atoms with van der Waals surface area (Å²) in [5.41, 5.74) is 20.3. The molecule has 5 N–H and O–H groups in total. The van der Waals surface area contributed by atoms with Gasteiger partial charge >= 0.3 is 5.97 Å². The van der Waals surface area contributed by atoms with Crippen LogP contribution in [0.3, 0.4) is 0 Å². The first-order valence-electron chi connectivity index (χ1n) is 17.4. The van der Waals surface area contributed by atoms with E-state index >= 15 is 4.39 Å². The number of nitriles is 1. The van der Waals surface area contributed by atoms with Crippen molar-refractivity contribution in [3.05, 3.63) is 137 Å². The van der Waals surface area contributed by atoms with Gasteiger partial charge in [-0.15, -0.1) is 0 Å². The van der Waals surface area contributed by atoms with Crippen molar-refractivity contribution in [3.63, 3.8) is 0 Å². The van der Waals surface area contributed by atoms with Gasteiger partial charge in [0.1, 0.15) is 17.7 Å². The molecule has 2 bridgehead atoms. The van der Waals surface area contributed by atoms with E-state index in [9.17, 15) is 14.0 Å². The van der Waals surface area contributed by atoms with E-state index in [4.69, 9.17) is 21.8 Å². The maximum absolute atomic E-state index is 15.4. The molecule has 8 nitrogen and oxygen atoms in total. The average molecular weight is 708 g/mol. The van der Waals surface area contributed by atoms with Crippen molar-refractivity contribution in [2.24, 2.45) is 12.8 Å². The van der Waals surface area contributed by atoms with Crippen LogP contribution >= 0.6 is 0 Å². The van der Waals surface area contributed by atoms with Gasteiger partial charge in [-0.25, -0.2) is 13.6 Å². The summed E-state index contributed by atoms with van der Waals surface area (Å²) in [6.07, 6.45) is 5.28. The first-order valence-corrected chi connectivity index (χ1v) is 17.4. The van der Waals surface area contributed by atoms with E-state index in [-0.39, 0.29) is 35.2 Å². The molecule has 264 valence electrons. The molecule has 10 heteroatoms. The van der Waals surface area contributed by atoms with Crippen molar-refractivity contribution in [1.29, 1.82) is 5.26 Å². The van der Waals surface area contributed by atoms with Crippen LogP contribution in [0.2, 0.25) is 0 Å². The minimum absolute atomic E-state index is 0.0224. The molecule has 0 spiro atoms. The lowest BCUT2D eigenvalue weighted by Crippen LogP contribution is -2.40. The van der Waals surface area contributed by atoms with Gasteiger partial charge in [-0.3, -0.25) is 4.79 Å². The number of nitrogens with zero attached hydrogens (tertiary/aromatic N) is 3. The van der Waals surface area contributed by atoms with E-state index in [1.165, 1.54) is 29.8 Å². The highest BCUT2D eigenvalue weighted by Gasteiger charge is 2.47. The number of rotatable bonds is 4. The predicted molar refractivity (Wildman–Crippen MR) is 200 cm³/mol. The van der Waals surface area contributed by atoms with Crippen LogP contribution < -0.4 is 11.5 Å². The molecule has 6 aromatic rings. The number of nitrogen functional groups attached to an aromatic ring is 1. The topological polar surface area (TPSA) is 138 Å². The molecular weight excluding hydrogens is 673 g/mol. The van der Waals surface area contributed by atoms with E-state index in [2.05, 4.69) is 6.07 Å². The molecule has 0 unspecified atom stereocenters. The zero-order valence-corrected chi connectivity index (χ0v) is 28.8. The number of carboxylic acids is 1. The van der Waals surface area contributed by atoms with Crippen LogP contribution in [-0.2, 0) is 13.5 Å². The molecule has 5 aromatic carbocycles. The molecule has 2 fully saturated rings. The number of aromatic nitrogens is 1. The Morgan fingerprint density at radius 3 is 2.36 bits per heavy atom. The summed E-state index contributed by atoms with van der Waals surface area (Å²) >= 11 is 0. The van der Waals surface area contributed by atoms with Crippen molar-refractivity contribution in [3.8, 4) is 39.4 Å². The fourth-order valence-corrected chi connectivity index (χ4v) is 8.31. The van der Waals surface area contributed by atoms with E-state index < -0.39 is 17.6 Å². The third kappa shape index (κ3) is 5.79. The standard InChI is InChI=1S/C29H24F2N4O.C14H11NO2/c1-34-9-8-17-10-23(25(31)14-28(17)34)21-6-4-18(29(36)35-20-5-7-27(35)26(33)13-20)11-22(21)16-2-3-19(15-32)24(30)12-16;15-13-7-9(14(16)17)6-11-10-4-2-1-3-8(10)5-12(11)13/h2-4,6,8-12,14,20,26-27H,5,7,13,33H2,1H3;1-4,6-7H,5,15H2,(H,16,17)/t20-,26+,27+;/m1./s1. The van der Waals surface area contributed by atoms with Crippen LogP contribution in [0.25, 0.3) is 44.3 Å². The number of carboxylic acid groups (broad SMARTS) is 1. The van der Waals surface area contributed by atoms with Crippen LogP contribution in [0.4, 0.5) is 14.5 Å².